The lowest BCUT2D eigenvalue weighted by Gasteiger charge is -2.14. The number of rotatable bonds is 31. The molecule has 0 spiro atoms. The highest BCUT2D eigenvalue weighted by Crippen LogP contribution is 2.24. The zero-order valence-corrected chi connectivity index (χ0v) is 63.2. The molecule has 26 nitrogen and oxygen atoms in total. The van der Waals surface area contributed by atoms with Crippen molar-refractivity contribution in [3.8, 4) is 11.5 Å². The molecule has 0 saturated carbocycles. The lowest BCUT2D eigenvalue weighted by Crippen LogP contribution is -2.24. The number of aliphatic hydroxyl groups excluding tert-OH is 1. The van der Waals surface area contributed by atoms with Gasteiger partial charge in [0, 0.05) is 61.2 Å². The van der Waals surface area contributed by atoms with Gasteiger partial charge in [-0.15, -0.1) is 0 Å². The van der Waals surface area contributed by atoms with Gasteiger partial charge in [0.1, 0.15) is 24.7 Å². The van der Waals surface area contributed by atoms with Crippen molar-refractivity contribution < 1.29 is 96.5 Å². The number of carboxylic acid groups (broad SMARTS) is 5. The van der Waals surface area contributed by atoms with Crippen LogP contribution in [0.25, 0.3) is 0 Å². The fraction of sp³-hybridized carbons (Fsp3) is 0.186. The summed E-state index contributed by atoms with van der Waals surface area (Å²) < 4.78 is 34.8. The van der Waals surface area contributed by atoms with E-state index in [1.165, 1.54) is 71.5 Å². The van der Waals surface area contributed by atoms with Crippen LogP contribution in [0.1, 0.15) is 164 Å². The van der Waals surface area contributed by atoms with Crippen LogP contribution in [0.3, 0.4) is 0 Å². The largest absolute Gasteiger partial charge is 0.492 e. The number of anilines is 3. The Morgan fingerprint density at radius 2 is 0.735 bits per heavy atom. The molecule has 0 heterocycles. The molecule has 0 aliphatic rings. The summed E-state index contributed by atoms with van der Waals surface area (Å²) in [6, 6.07) is 66.4. The Morgan fingerprint density at radius 3 is 1.08 bits per heavy atom. The van der Waals surface area contributed by atoms with Crippen molar-refractivity contribution in [3.63, 3.8) is 0 Å². The highest BCUT2D eigenvalue weighted by atomic mass is 32.2. The molecule has 10 aromatic carbocycles. The highest BCUT2D eigenvalue weighted by Gasteiger charge is 2.22. The molecule has 0 aromatic heterocycles. The number of sulfonamides is 1. The first-order valence-corrected chi connectivity index (χ1v) is 37.2. The molecule has 0 saturated heterocycles. The van der Waals surface area contributed by atoms with Gasteiger partial charge in [-0.2, -0.15) is 0 Å². The molecule has 1 unspecified atom stereocenters. The third kappa shape index (κ3) is 28.6. The molecule has 3 amide bonds. The van der Waals surface area contributed by atoms with E-state index in [4.69, 9.17) is 46.5 Å². The number of aliphatic hydroxyl groups is 1. The Labute approximate surface area is 653 Å². The van der Waals surface area contributed by atoms with Gasteiger partial charge in [-0.3, -0.25) is 24.0 Å². The average molecular weight is 1560 g/mol. The molecule has 10 rings (SSSR count). The Morgan fingerprint density at radius 1 is 0.407 bits per heavy atom. The van der Waals surface area contributed by atoms with E-state index in [1.807, 2.05) is 36.4 Å². The number of carboxylic acids is 5. The minimum atomic E-state index is -3.29. The molecule has 113 heavy (non-hydrogen) atoms. The third-order valence-electron chi connectivity index (χ3n) is 16.8. The second-order valence-electron chi connectivity index (χ2n) is 25.1. The number of Topliss-reactive ketones (excluding diaryl/α,β-unsaturated/α-hetero) is 2. The van der Waals surface area contributed by atoms with Crippen LogP contribution in [0.5, 0.6) is 11.5 Å². The summed E-state index contributed by atoms with van der Waals surface area (Å²) in [5.74, 6) is -5.81. The second kappa shape index (κ2) is 45.0. The van der Waals surface area contributed by atoms with Gasteiger partial charge in [-0.05, 0) is 169 Å². The summed E-state index contributed by atoms with van der Waals surface area (Å²) in [7, 11) is -1.81. The summed E-state index contributed by atoms with van der Waals surface area (Å²) in [5, 5.41) is 62.3. The van der Waals surface area contributed by atoms with E-state index in [0.29, 0.717) is 59.7 Å². The van der Waals surface area contributed by atoms with Gasteiger partial charge in [-0.25, -0.2) is 36.7 Å². The Kier molecular flexibility index (Phi) is 35.3. The van der Waals surface area contributed by atoms with Crippen molar-refractivity contribution in [2.45, 2.75) is 58.4 Å². The van der Waals surface area contributed by atoms with Crippen LogP contribution < -0.4 is 36.9 Å². The quantitative estimate of drug-likeness (QED) is 0.0180. The van der Waals surface area contributed by atoms with Crippen molar-refractivity contribution in [2.24, 2.45) is 11.5 Å². The van der Waals surface area contributed by atoms with E-state index >= 15 is 0 Å². The van der Waals surface area contributed by atoms with Crippen molar-refractivity contribution in [2.75, 3.05) is 62.2 Å². The standard InChI is InChI=1S/C19H20O3.C18H19NO5S.C17H18N2O3.C16H16N2O4.C16H15NO5/c1-3-13(2)15-10-8-14(9-11-15)12-18(20)16-6-4-5-7-17(16)19(21)22;1-19(25(2,23)24)12-14-7-5-6-13(10-14)11-17(20)15-8-3-4-9-16(15)18(21)22;18-11-3-4-12-7-9-13(10-8-12)19-16(20)14-5-1-2-6-15(14)17(21)22;17-9-10-22-12-7-5-11(6-8-12)18-15(19)13-3-1-2-4-14(13)16(20)21;18-9-10-22-12-7-5-11(6-8-12)17-15(19)13-3-1-2-4-14(13)16(20)21/h4-11,13H,3,12H2,1-2H3,(H,21,22);3-10H,11-12H2,1-2H3,(H,21,22);1-2,5-10H,3-4,11,18H2,(H,19,20)(H,21,22);1-8H,9-10,17H2,(H,18,19)(H,20,21);1-8,18H,9-10H2,(H,17,19)(H,20,21). The molecule has 0 bridgehead atoms. The fourth-order valence-corrected chi connectivity index (χ4v) is 11.1. The highest BCUT2D eigenvalue weighted by molar-refractivity contribution is 7.88. The number of carbonyl (C=O) groups is 10. The molecule has 27 heteroatoms. The van der Waals surface area contributed by atoms with Crippen LogP contribution in [0.4, 0.5) is 17.1 Å². The van der Waals surface area contributed by atoms with Crippen LogP contribution in [-0.4, -0.2) is 149 Å². The summed E-state index contributed by atoms with van der Waals surface area (Å²) >= 11 is 0. The lowest BCUT2D eigenvalue weighted by molar-refractivity contribution is 0.0683. The molecule has 588 valence electrons. The van der Waals surface area contributed by atoms with E-state index < -0.39 is 57.6 Å². The summed E-state index contributed by atoms with van der Waals surface area (Å²) in [6.07, 6.45) is 4.27. The number of nitrogens with one attached hydrogen (secondary N) is 3. The van der Waals surface area contributed by atoms with E-state index in [1.54, 1.807) is 152 Å². The van der Waals surface area contributed by atoms with Gasteiger partial charge < -0.3 is 67.5 Å². The summed E-state index contributed by atoms with van der Waals surface area (Å²) in [4.78, 5) is 117. The van der Waals surface area contributed by atoms with Gasteiger partial charge in [0.2, 0.25) is 10.0 Å². The van der Waals surface area contributed by atoms with E-state index in [0.717, 1.165) is 42.2 Å². The van der Waals surface area contributed by atoms with Gasteiger partial charge in [0.25, 0.3) is 17.7 Å². The normalized spacial score (nSPS) is 10.8. The lowest BCUT2D eigenvalue weighted by atomic mass is 9.95. The molecule has 1 atom stereocenters. The van der Waals surface area contributed by atoms with E-state index in [9.17, 15) is 61.5 Å². The predicted molar refractivity (Wildman–Crippen MR) is 429 cm³/mol. The maximum atomic E-state index is 12.5. The van der Waals surface area contributed by atoms with Gasteiger partial charge in [-0.1, -0.05) is 147 Å². The van der Waals surface area contributed by atoms with Crippen molar-refractivity contribution >= 4 is 86.2 Å². The van der Waals surface area contributed by atoms with E-state index in [-0.39, 0.29) is 99.8 Å². The van der Waals surface area contributed by atoms with Gasteiger partial charge in [0.05, 0.1) is 57.4 Å². The van der Waals surface area contributed by atoms with Crippen molar-refractivity contribution in [3.05, 3.63) is 326 Å². The van der Waals surface area contributed by atoms with E-state index in [2.05, 4.69) is 29.8 Å². The first kappa shape index (κ1) is 88.6. The van der Waals surface area contributed by atoms with Crippen molar-refractivity contribution in [1.29, 1.82) is 0 Å². The Balaban J connectivity index is 0.000000220. The van der Waals surface area contributed by atoms with Crippen LogP contribution in [0, 0.1) is 0 Å². The number of ether oxygens (including phenoxy) is 2. The monoisotopic (exact) mass is 1560 g/mol. The average Bonchev–Trinajstić information content (AvgIpc) is 0.864. The van der Waals surface area contributed by atoms with Crippen LogP contribution in [0.2, 0.25) is 0 Å². The van der Waals surface area contributed by atoms with Crippen LogP contribution >= 0.6 is 0 Å². The number of amides is 3. The number of hydrogen-bond acceptors (Lipinski definition) is 17. The minimum Gasteiger partial charge on any atom is -0.492 e. The summed E-state index contributed by atoms with van der Waals surface area (Å²) in [6.45, 7) is 6.11. The number of hydrogen-bond donors (Lipinski definition) is 11. The number of nitrogens with zero attached hydrogens (tertiary/aromatic N) is 1. The molecular formula is C86H88N6O20S. The van der Waals surface area contributed by atoms with Gasteiger partial charge in [0.15, 0.2) is 11.6 Å². The molecule has 0 aliphatic heterocycles. The molecule has 0 radical (unpaired) electrons. The predicted octanol–water partition coefficient (Wildman–Crippen LogP) is 13.0. The number of nitrogens with two attached hydrogens (primary N) is 2. The fourth-order valence-electron chi connectivity index (χ4n) is 10.7. The number of aromatic carboxylic acids is 5. The number of carbonyl (C=O) groups excluding carboxylic acids is 5. The third-order valence-corrected chi connectivity index (χ3v) is 18.1. The van der Waals surface area contributed by atoms with Crippen molar-refractivity contribution in [1.82, 2.24) is 4.31 Å². The number of ketones is 2. The first-order valence-electron chi connectivity index (χ1n) is 35.3. The number of aryl methyl sites for hydroxylation is 1. The van der Waals surface area contributed by atoms with Gasteiger partial charge >= 0.3 is 29.8 Å². The molecule has 0 fully saturated rings. The topological polar surface area (TPSA) is 436 Å². The Bertz CT molecular complexity index is 4760. The summed E-state index contributed by atoms with van der Waals surface area (Å²) in [5.41, 5.74) is 18.0. The Hall–Kier alpha value is -13.3. The zero-order valence-electron chi connectivity index (χ0n) is 62.4. The molecular weight excluding hydrogens is 1470 g/mol. The maximum absolute atomic E-state index is 12.5. The molecule has 10 aromatic rings. The first-order chi connectivity index (χ1) is 54.0. The smallest absolute Gasteiger partial charge is 0.336 e. The number of benzene rings is 10. The molecule has 0 aliphatic carbocycles. The minimum absolute atomic E-state index is 0.0143. The van der Waals surface area contributed by atoms with Crippen LogP contribution in [-0.2, 0) is 35.8 Å². The SMILES string of the molecule is CCC(C)c1ccc(CC(=O)c2ccccc2C(=O)O)cc1.CN(Cc1cccc(CC(=O)c2ccccc2C(=O)O)c1)S(C)(=O)=O.NCCCc1ccc(NC(=O)c2ccccc2C(=O)O)cc1.NCCOc1ccc(NC(=O)c2ccccc2C(=O)O)cc1.O=C(O)c1ccccc1C(=O)Nc1ccc(OCCO)cc1. The van der Waals surface area contributed by atoms with Crippen LogP contribution in [0.15, 0.2) is 243 Å². The maximum Gasteiger partial charge on any atom is 0.336 e. The zero-order chi connectivity index (χ0) is 82.6. The second-order valence-corrected chi connectivity index (χ2v) is 27.1. The molecule has 13 N–H and O–H groups in total.